The molecule has 0 spiro atoms. The number of hydrogen-bond donors (Lipinski definition) is 2. The molecule has 9 heteroatoms. The maximum atomic E-state index is 10.0. The Kier molecular flexibility index (Phi) is 6.12. The molecule has 9 nitrogen and oxygen atoms in total. The van der Waals surface area contributed by atoms with Crippen LogP contribution in [0.2, 0.25) is 0 Å². The van der Waals surface area contributed by atoms with Gasteiger partial charge in [0.15, 0.2) is 11.5 Å². The summed E-state index contributed by atoms with van der Waals surface area (Å²) in [5.74, 6) is 1.90. The van der Waals surface area contributed by atoms with E-state index in [4.69, 9.17) is 24.4 Å². The fraction of sp³-hybridized carbons (Fsp3) is 0.360. The second-order valence-corrected chi connectivity index (χ2v) is 8.33. The summed E-state index contributed by atoms with van der Waals surface area (Å²) in [6, 6.07) is 10.8. The highest BCUT2D eigenvalue weighted by atomic mass is 16.5. The third-order valence-corrected chi connectivity index (χ3v) is 6.39. The van der Waals surface area contributed by atoms with Gasteiger partial charge in [0.25, 0.3) is 0 Å². The highest BCUT2D eigenvalue weighted by Crippen LogP contribution is 2.47. The molecule has 2 N–H and O–H groups in total. The maximum Gasteiger partial charge on any atom is 0.228 e. The number of aromatic hydroxyl groups is 1. The predicted octanol–water partition coefficient (Wildman–Crippen LogP) is 2.70. The molecule has 1 fully saturated rings. The second kappa shape index (κ2) is 9.36. The molecular weight excluding hydrogens is 436 g/mol. The largest absolute Gasteiger partial charge is 0.508 e. The number of fused-ring (bicyclic) bond motifs is 2. The van der Waals surface area contributed by atoms with Gasteiger partial charge in [-0.25, -0.2) is 4.98 Å². The van der Waals surface area contributed by atoms with E-state index in [-0.39, 0.29) is 11.7 Å². The molecule has 3 aromatic rings. The number of ether oxygens (including phenoxy) is 4. The van der Waals surface area contributed by atoms with Gasteiger partial charge in [0, 0.05) is 43.7 Å². The number of nitrogens with one attached hydrogen (secondary N) is 1. The van der Waals surface area contributed by atoms with Gasteiger partial charge in [-0.3, -0.25) is 10.3 Å². The molecule has 2 aromatic carbocycles. The van der Waals surface area contributed by atoms with Crippen molar-refractivity contribution in [3.8, 4) is 28.9 Å². The van der Waals surface area contributed by atoms with Crippen LogP contribution in [0.3, 0.4) is 0 Å². The molecule has 1 atom stereocenters. The summed E-state index contributed by atoms with van der Waals surface area (Å²) in [6.07, 6.45) is 1.65. The molecule has 178 valence electrons. The smallest absolute Gasteiger partial charge is 0.228 e. The number of nitrogens with zero attached hydrogens (tertiary/aromatic N) is 3. The van der Waals surface area contributed by atoms with Gasteiger partial charge in [-0.2, -0.15) is 0 Å². The number of methoxy groups -OCH3 is 2. The Morgan fingerprint density at radius 2 is 1.85 bits per heavy atom. The van der Waals surface area contributed by atoms with Crippen molar-refractivity contribution in [1.29, 1.82) is 5.41 Å². The minimum Gasteiger partial charge on any atom is -0.508 e. The minimum absolute atomic E-state index is 0.107. The van der Waals surface area contributed by atoms with Crippen molar-refractivity contribution in [3.05, 3.63) is 64.9 Å². The van der Waals surface area contributed by atoms with E-state index < -0.39 is 0 Å². The minimum atomic E-state index is -0.324. The summed E-state index contributed by atoms with van der Waals surface area (Å²) in [6.45, 7) is 4.70. The summed E-state index contributed by atoms with van der Waals surface area (Å²) in [4.78, 5) is 6.89. The zero-order valence-electron chi connectivity index (χ0n) is 19.3. The lowest BCUT2D eigenvalue weighted by atomic mass is 9.83. The summed E-state index contributed by atoms with van der Waals surface area (Å²) in [5, 5.41) is 19.1. The van der Waals surface area contributed by atoms with Crippen molar-refractivity contribution < 1.29 is 24.1 Å². The van der Waals surface area contributed by atoms with E-state index in [1.54, 1.807) is 32.7 Å². The molecule has 5 rings (SSSR count). The standard InChI is InChI=1S/C25H28N4O5/c1-31-19-6-3-16(13-21(19)32-2)22-18-5-4-17(30)14-20(18)34-25-23(22)24(26)29(15-27-25)8-7-28-9-11-33-12-10-28/h3-6,13-15,22,26,30H,7-12H2,1-2H3/t22-/m1/s1. The number of benzene rings is 2. The average molecular weight is 465 g/mol. The van der Waals surface area contributed by atoms with Crippen molar-refractivity contribution in [1.82, 2.24) is 14.5 Å². The number of morpholine rings is 1. The predicted molar refractivity (Wildman–Crippen MR) is 124 cm³/mol. The van der Waals surface area contributed by atoms with Crippen LogP contribution in [0, 0.1) is 5.41 Å². The van der Waals surface area contributed by atoms with E-state index in [0.717, 1.165) is 44.0 Å². The highest BCUT2D eigenvalue weighted by Gasteiger charge is 2.33. The first kappa shape index (κ1) is 22.2. The van der Waals surface area contributed by atoms with Gasteiger partial charge < -0.3 is 28.6 Å². The summed E-state index contributed by atoms with van der Waals surface area (Å²) in [5.41, 5.74) is 2.78. The monoisotopic (exact) mass is 464 g/mol. The van der Waals surface area contributed by atoms with Crippen molar-refractivity contribution >= 4 is 0 Å². The average Bonchev–Trinajstić information content (AvgIpc) is 2.87. The quantitative estimate of drug-likeness (QED) is 0.452. The van der Waals surface area contributed by atoms with Gasteiger partial charge in [-0.1, -0.05) is 12.1 Å². The lowest BCUT2D eigenvalue weighted by Gasteiger charge is -2.30. The van der Waals surface area contributed by atoms with E-state index in [1.807, 2.05) is 28.8 Å². The van der Waals surface area contributed by atoms with Crippen molar-refractivity contribution in [2.24, 2.45) is 0 Å². The van der Waals surface area contributed by atoms with E-state index in [0.29, 0.717) is 40.7 Å². The van der Waals surface area contributed by atoms with Crippen molar-refractivity contribution in [2.45, 2.75) is 12.5 Å². The van der Waals surface area contributed by atoms with E-state index >= 15 is 0 Å². The molecule has 1 aromatic heterocycles. The van der Waals surface area contributed by atoms with Crippen LogP contribution in [-0.4, -0.2) is 66.6 Å². The SMILES string of the molecule is COc1ccc([C@@H]2c3ccc(O)cc3Oc3ncn(CCN4CCOCC4)c(=N)c32)cc1OC. The van der Waals surface area contributed by atoms with Crippen LogP contribution >= 0.6 is 0 Å². The molecule has 2 aliphatic rings. The topological polar surface area (TPSA) is 102 Å². The number of hydrogen-bond acceptors (Lipinski definition) is 8. The summed E-state index contributed by atoms with van der Waals surface area (Å²) < 4.78 is 24.3. The zero-order valence-corrected chi connectivity index (χ0v) is 19.3. The fourth-order valence-electron chi connectivity index (χ4n) is 4.58. The molecule has 2 aliphatic heterocycles. The van der Waals surface area contributed by atoms with Gasteiger partial charge in [0.05, 0.1) is 33.0 Å². The Morgan fingerprint density at radius 3 is 2.62 bits per heavy atom. The van der Waals surface area contributed by atoms with Gasteiger partial charge >= 0.3 is 0 Å². The number of phenolic OH excluding ortho intramolecular Hbond substituents is 1. The first-order valence-electron chi connectivity index (χ1n) is 11.3. The van der Waals surface area contributed by atoms with Crippen LogP contribution in [0.1, 0.15) is 22.6 Å². The maximum absolute atomic E-state index is 10.0. The Bertz CT molecular complexity index is 1250. The fourth-order valence-corrected chi connectivity index (χ4v) is 4.58. The van der Waals surface area contributed by atoms with E-state index in [9.17, 15) is 5.11 Å². The van der Waals surface area contributed by atoms with Crippen LogP contribution < -0.4 is 19.7 Å². The number of aromatic nitrogens is 2. The van der Waals surface area contributed by atoms with Crippen LogP contribution in [0.5, 0.6) is 28.9 Å². The molecular formula is C25H28N4O5. The third kappa shape index (κ3) is 4.08. The highest BCUT2D eigenvalue weighted by molar-refractivity contribution is 5.58. The van der Waals surface area contributed by atoms with Crippen LogP contribution in [-0.2, 0) is 11.3 Å². The van der Waals surface area contributed by atoms with Gasteiger partial charge in [0.2, 0.25) is 5.88 Å². The molecule has 0 aliphatic carbocycles. The molecule has 0 radical (unpaired) electrons. The number of rotatable bonds is 6. The van der Waals surface area contributed by atoms with Crippen LogP contribution in [0.25, 0.3) is 0 Å². The molecule has 0 amide bonds. The molecule has 0 saturated carbocycles. The van der Waals surface area contributed by atoms with Crippen molar-refractivity contribution in [3.63, 3.8) is 0 Å². The Labute approximate surface area is 197 Å². The van der Waals surface area contributed by atoms with Crippen molar-refractivity contribution in [2.75, 3.05) is 47.1 Å². The Morgan fingerprint density at radius 1 is 1.06 bits per heavy atom. The normalized spacial score (nSPS) is 17.4. The van der Waals surface area contributed by atoms with Gasteiger partial charge in [0.1, 0.15) is 23.3 Å². The van der Waals surface area contributed by atoms with Gasteiger partial charge in [-0.05, 0) is 23.8 Å². The lowest BCUT2D eigenvalue weighted by molar-refractivity contribution is 0.0362. The first-order chi connectivity index (χ1) is 16.6. The molecule has 34 heavy (non-hydrogen) atoms. The molecule has 3 heterocycles. The first-order valence-corrected chi connectivity index (χ1v) is 11.3. The zero-order chi connectivity index (χ0) is 23.7. The summed E-state index contributed by atoms with van der Waals surface area (Å²) >= 11 is 0. The van der Waals surface area contributed by atoms with Crippen LogP contribution in [0.15, 0.2) is 42.7 Å². The number of phenols is 1. The summed E-state index contributed by atoms with van der Waals surface area (Å²) in [7, 11) is 3.20. The Balaban J connectivity index is 1.59. The molecule has 0 bridgehead atoms. The lowest BCUT2D eigenvalue weighted by Crippen LogP contribution is -2.40. The van der Waals surface area contributed by atoms with E-state index in [1.165, 1.54) is 0 Å². The second-order valence-electron chi connectivity index (χ2n) is 8.33. The van der Waals surface area contributed by atoms with E-state index in [2.05, 4.69) is 9.88 Å². The van der Waals surface area contributed by atoms with Crippen LogP contribution in [0.4, 0.5) is 0 Å². The molecule has 0 unspecified atom stereocenters. The Hall–Kier alpha value is -3.56. The molecule has 1 saturated heterocycles. The van der Waals surface area contributed by atoms with Gasteiger partial charge in [-0.15, -0.1) is 0 Å². The third-order valence-electron chi connectivity index (χ3n) is 6.39.